The lowest BCUT2D eigenvalue weighted by molar-refractivity contribution is 0.191. The molecule has 3 rings (SSSR count). The van der Waals surface area contributed by atoms with E-state index in [0.717, 1.165) is 17.8 Å². The highest BCUT2D eigenvalue weighted by Crippen LogP contribution is 2.18. The number of hydrogen-bond acceptors (Lipinski definition) is 3. The number of carbonyl (C=O) groups is 1. The number of amides is 2. The first-order chi connectivity index (χ1) is 13.0. The number of urea groups is 1. The van der Waals surface area contributed by atoms with Gasteiger partial charge in [0.25, 0.3) is 0 Å². The van der Waals surface area contributed by atoms with Crippen LogP contribution < -0.4 is 15.0 Å². The van der Waals surface area contributed by atoms with Crippen molar-refractivity contribution in [1.29, 1.82) is 0 Å². The first kappa shape index (κ1) is 18.9. The van der Waals surface area contributed by atoms with Crippen LogP contribution in [0.1, 0.15) is 0 Å². The number of nitrogens with one attached hydrogen (secondary N) is 1. The molecule has 0 aromatic heterocycles. The summed E-state index contributed by atoms with van der Waals surface area (Å²) in [5, 5.41) is 2.71. The van der Waals surface area contributed by atoms with E-state index in [-0.39, 0.29) is 30.7 Å². The molecule has 5 nitrogen and oxygen atoms in total. The summed E-state index contributed by atoms with van der Waals surface area (Å²) < 4.78 is 44.5. The molecule has 0 atom stereocenters. The van der Waals surface area contributed by atoms with Crippen molar-refractivity contribution in [1.82, 2.24) is 10.2 Å². The van der Waals surface area contributed by atoms with Crippen molar-refractivity contribution in [2.24, 2.45) is 0 Å². The maximum atomic E-state index is 13.4. The van der Waals surface area contributed by atoms with Crippen molar-refractivity contribution in [3.8, 4) is 5.75 Å². The Balaban J connectivity index is 1.38. The van der Waals surface area contributed by atoms with Crippen LogP contribution in [0.25, 0.3) is 0 Å². The Labute approximate surface area is 155 Å². The molecule has 0 aliphatic carbocycles. The van der Waals surface area contributed by atoms with Gasteiger partial charge in [0.15, 0.2) is 11.6 Å². The zero-order valence-electron chi connectivity index (χ0n) is 14.6. The fourth-order valence-electron chi connectivity index (χ4n) is 2.84. The van der Waals surface area contributed by atoms with Crippen LogP contribution in [-0.4, -0.2) is 50.3 Å². The van der Waals surface area contributed by atoms with Crippen molar-refractivity contribution in [2.45, 2.75) is 0 Å². The summed E-state index contributed by atoms with van der Waals surface area (Å²) in [6.45, 7) is 2.65. The van der Waals surface area contributed by atoms with Crippen LogP contribution in [0, 0.1) is 17.5 Å². The summed E-state index contributed by atoms with van der Waals surface area (Å²) in [7, 11) is 0. The fraction of sp³-hybridized carbons (Fsp3) is 0.316. The molecule has 2 aromatic carbocycles. The zero-order chi connectivity index (χ0) is 19.2. The van der Waals surface area contributed by atoms with E-state index >= 15 is 0 Å². The Morgan fingerprint density at radius 1 is 0.963 bits per heavy atom. The molecule has 2 aromatic rings. The first-order valence-corrected chi connectivity index (χ1v) is 8.64. The minimum Gasteiger partial charge on any atom is -0.489 e. The van der Waals surface area contributed by atoms with E-state index < -0.39 is 11.6 Å². The molecule has 1 fully saturated rings. The van der Waals surface area contributed by atoms with Gasteiger partial charge < -0.3 is 19.9 Å². The zero-order valence-corrected chi connectivity index (χ0v) is 14.6. The topological polar surface area (TPSA) is 44.8 Å². The van der Waals surface area contributed by atoms with E-state index in [4.69, 9.17) is 4.74 Å². The van der Waals surface area contributed by atoms with Crippen LogP contribution in [0.15, 0.2) is 42.5 Å². The van der Waals surface area contributed by atoms with Crippen molar-refractivity contribution < 1.29 is 22.7 Å². The number of carbonyl (C=O) groups excluding carboxylic acids is 1. The molecular weight excluding hydrogens is 359 g/mol. The van der Waals surface area contributed by atoms with E-state index in [1.54, 1.807) is 17.0 Å². The fourth-order valence-corrected chi connectivity index (χ4v) is 2.84. The number of hydrogen-bond donors (Lipinski definition) is 1. The van der Waals surface area contributed by atoms with Gasteiger partial charge in [-0.05, 0) is 36.4 Å². The molecule has 1 saturated heterocycles. The summed E-state index contributed by atoms with van der Waals surface area (Å²) in [4.78, 5) is 15.9. The summed E-state index contributed by atoms with van der Waals surface area (Å²) >= 11 is 0. The van der Waals surface area contributed by atoms with E-state index in [1.165, 1.54) is 18.2 Å². The standard InChI is InChI=1S/C19H20F3N3O2/c20-14-1-4-16(5-2-14)24-8-10-25(11-9-24)19(26)23-7-12-27-18-6-3-15(21)13-17(18)22/h1-6,13H,7-12H2,(H,23,26). The maximum absolute atomic E-state index is 13.4. The molecule has 144 valence electrons. The lowest BCUT2D eigenvalue weighted by Gasteiger charge is -2.36. The lowest BCUT2D eigenvalue weighted by Crippen LogP contribution is -2.52. The number of benzene rings is 2. The normalized spacial score (nSPS) is 14.2. The largest absolute Gasteiger partial charge is 0.489 e. The van der Waals surface area contributed by atoms with Gasteiger partial charge in [0.2, 0.25) is 0 Å². The lowest BCUT2D eigenvalue weighted by atomic mass is 10.2. The van der Waals surface area contributed by atoms with Crippen LogP contribution in [0.2, 0.25) is 0 Å². The van der Waals surface area contributed by atoms with Gasteiger partial charge >= 0.3 is 6.03 Å². The third-order valence-corrected chi connectivity index (χ3v) is 4.29. The first-order valence-electron chi connectivity index (χ1n) is 8.64. The van der Waals surface area contributed by atoms with Crippen molar-refractivity contribution in [3.05, 3.63) is 59.9 Å². The average molecular weight is 379 g/mol. The SMILES string of the molecule is O=C(NCCOc1ccc(F)cc1F)N1CCN(c2ccc(F)cc2)CC1. The van der Waals surface area contributed by atoms with E-state index in [0.29, 0.717) is 26.2 Å². The van der Waals surface area contributed by atoms with Crippen molar-refractivity contribution in [2.75, 3.05) is 44.2 Å². The number of anilines is 1. The Bertz CT molecular complexity index is 778. The Kier molecular flexibility index (Phi) is 6.05. The van der Waals surface area contributed by atoms with Gasteiger partial charge in [-0.3, -0.25) is 0 Å². The summed E-state index contributed by atoms with van der Waals surface area (Å²) in [6.07, 6.45) is 0. The highest BCUT2D eigenvalue weighted by atomic mass is 19.1. The third kappa shape index (κ3) is 5.06. The molecule has 1 aliphatic heterocycles. The maximum Gasteiger partial charge on any atom is 0.317 e. The van der Waals surface area contributed by atoms with Crippen molar-refractivity contribution >= 4 is 11.7 Å². The smallest absolute Gasteiger partial charge is 0.317 e. The van der Waals surface area contributed by atoms with Crippen molar-refractivity contribution in [3.63, 3.8) is 0 Å². The van der Waals surface area contributed by atoms with Gasteiger partial charge in [0.05, 0.1) is 6.54 Å². The molecule has 8 heteroatoms. The van der Waals surface area contributed by atoms with Crippen LogP contribution in [0.4, 0.5) is 23.7 Å². The van der Waals surface area contributed by atoms with E-state index in [1.807, 2.05) is 0 Å². The second-order valence-corrected chi connectivity index (χ2v) is 6.11. The van der Waals surface area contributed by atoms with Gasteiger partial charge in [-0.15, -0.1) is 0 Å². The molecule has 1 N–H and O–H groups in total. The monoisotopic (exact) mass is 379 g/mol. The molecule has 0 radical (unpaired) electrons. The number of rotatable bonds is 5. The third-order valence-electron chi connectivity index (χ3n) is 4.29. The Hall–Kier alpha value is -2.90. The summed E-state index contributed by atoms with van der Waals surface area (Å²) in [6, 6.07) is 9.11. The average Bonchev–Trinajstić information content (AvgIpc) is 2.67. The molecule has 1 heterocycles. The summed E-state index contributed by atoms with van der Waals surface area (Å²) in [5.74, 6) is -1.79. The molecule has 0 saturated carbocycles. The Morgan fingerprint density at radius 3 is 2.30 bits per heavy atom. The van der Waals surface area contributed by atoms with Gasteiger partial charge in [-0.1, -0.05) is 0 Å². The van der Waals surface area contributed by atoms with E-state index in [2.05, 4.69) is 10.2 Å². The second kappa shape index (κ2) is 8.66. The predicted octanol–water partition coefficient (Wildman–Crippen LogP) is 3.01. The van der Waals surface area contributed by atoms with Gasteiger partial charge in [0.1, 0.15) is 18.2 Å². The number of piperazine rings is 1. The minimum atomic E-state index is -0.779. The molecule has 0 spiro atoms. The van der Waals surface area contributed by atoms with Crippen LogP contribution in [-0.2, 0) is 0 Å². The number of ether oxygens (including phenoxy) is 1. The highest BCUT2D eigenvalue weighted by molar-refractivity contribution is 5.74. The summed E-state index contributed by atoms with van der Waals surface area (Å²) in [5.41, 5.74) is 0.922. The minimum absolute atomic E-state index is 0.0569. The Morgan fingerprint density at radius 2 is 1.63 bits per heavy atom. The quantitative estimate of drug-likeness (QED) is 0.813. The van der Waals surface area contributed by atoms with Gasteiger partial charge in [0, 0.05) is 37.9 Å². The highest BCUT2D eigenvalue weighted by Gasteiger charge is 2.21. The van der Waals surface area contributed by atoms with Gasteiger partial charge in [-0.2, -0.15) is 0 Å². The molecule has 27 heavy (non-hydrogen) atoms. The number of nitrogens with zero attached hydrogens (tertiary/aromatic N) is 2. The molecule has 0 unspecified atom stereocenters. The molecule has 1 aliphatic rings. The van der Waals surface area contributed by atoms with Crippen LogP contribution in [0.5, 0.6) is 5.75 Å². The molecule has 2 amide bonds. The van der Waals surface area contributed by atoms with Crippen LogP contribution >= 0.6 is 0 Å². The van der Waals surface area contributed by atoms with E-state index in [9.17, 15) is 18.0 Å². The van der Waals surface area contributed by atoms with Crippen LogP contribution in [0.3, 0.4) is 0 Å². The number of halogens is 3. The molecular formula is C19H20F3N3O2. The predicted molar refractivity (Wildman–Crippen MR) is 95.4 cm³/mol. The molecule has 0 bridgehead atoms. The van der Waals surface area contributed by atoms with Gasteiger partial charge in [-0.25, -0.2) is 18.0 Å². The second-order valence-electron chi connectivity index (χ2n) is 6.11.